The van der Waals surface area contributed by atoms with E-state index in [4.69, 9.17) is 37.4 Å². The van der Waals surface area contributed by atoms with Gasteiger partial charge in [-0.2, -0.15) is 5.10 Å². The Morgan fingerprint density at radius 2 is 1.78 bits per heavy atom. The zero-order valence-corrected chi connectivity index (χ0v) is 28.9. The van der Waals surface area contributed by atoms with Crippen molar-refractivity contribution in [1.82, 2.24) is 28.9 Å². The molecule has 49 heavy (non-hydrogen) atoms. The van der Waals surface area contributed by atoms with E-state index in [2.05, 4.69) is 37.0 Å². The molecule has 3 atom stereocenters. The van der Waals surface area contributed by atoms with E-state index in [0.29, 0.717) is 41.1 Å². The highest BCUT2D eigenvalue weighted by Gasteiger charge is 2.45. The molecule has 2 saturated heterocycles. The third-order valence-electron chi connectivity index (χ3n) is 9.10. The highest BCUT2D eigenvalue weighted by molar-refractivity contribution is 6.35. The molecule has 5 heterocycles. The van der Waals surface area contributed by atoms with Crippen molar-refractivity contribution in [3.8, 4) is 11.4 Å². The number of ether oxygens (including phenoxy) is 3. The molecule has 2 aromatic carbocycles. The molecule has 7 rings (SSSR count). The number of piperazine rings is 1. The second-order valence-electron chi connectivity index (χ2n) is 12.3. The van der Waals surface area contributed by atoms with E-state index in [-0.39, 0.29) is 17.8 Å². The summed E-state index contributed by atoms with van der Waals surface area (Å²) >= 11 is 12.8. The first kappa shape index (κ1) is 33.2. The summed E-state index contributed by atoms with van der Waals surface area (Å²) in [7, 11) is 0. The molecule has 12 nitrogen and oxygen atoms in total. The predicted octanol–water partition coefficient (Wildman–Crippen LogP) is 5.58. The summed E-state index contributed by atoms with van der Waals surface area (Å²) in [4.78, 5) is 26.2. The second kappa shape index (κ2) is 14.2. The van der Waals surface area contributed by atoms with Crippen LogP contribution in [0.3, 0.4) is 0 Å². The van der Waals surface area contributed by atoms with E-state index in [1.807, 2.05) is 54.9 Å². The Morgan fingerprint density at radius 3 is 2.47 bits per heavy atom. The number of anilines is 2. The standard InChI is InChI=1S/C35H38Cl2N8O4/c1-3-25(2)45-34(46)44(24-40-45)28-7-11-33(39-19-28)43-16-14-42(15-17-43)27-5-8-29(9-6-27)47-20-30-21-48-35(49-30,22-41-13-12-38-23-41)31-10-4-26(36)18-32(31)37/h4-13,18-19,23-25,30H,3,14-17,20-22H2,1-2H3/t25-,30+,35+/m0/s1. The van der Waals surface area contributed by atoms with Gasteiger partial charge in [-0.25, -0.2) is 24.0 Å². The number of nitrogens with zero attached hydrogens (tertiary/aromatic N) is 8. The Labute approximate surface area is 294 Å². The summed E-state index contributed by atoms with van der Waals surface area (Å²) in [6, 6.07) is 17.4. The van der Waals surface area contributed by atoms with Gasteiger partial charge in [0.25, 0.3) is 0 Å². The van der Waals surface area contributed by atoms with Crippen LogP contribution >= 0.6 is 23.2 Å². The van der Waals surface area contributed by atoms with Crippen LogP contribution in [0.5, 0.6) is 5.75 Å². The van der Waals surface area contributed by atoms with Gasteiger partial charge in [0, 0.05) is 54.8 Å². The first-order chi connectivity index (χ1) is 23.8. The summed E-state index contributed by atoms with van der Waals surface area (Å²) in [6.07, 6.45) is 9.10. The van der Waals surface area contributed by atoms with E-state index >= 15 is 0 Å². The number of benzene rings is 2. The third kappa shape index (κ3) is 7.04. The fourth-order valence-electron chi connectivity index (χ4n) is 6.19. The lowest BCUT2D eigenvalue weighted by Gasteiger charge is -2.36. The molecule has 14 heteroatoms. The lowest BCUT2D eigenvalue weighted by atomic mass is 10.1. The van der Waals surface area contributed by atoms with Crippen LogP contribution in [0.25, 0.3) is 5.69 Å². The Hall–Kier alpha value is -4.36. The topological polar surface area (TPSA) is 105 Å². The zero-order valence-electron chi connectivity index (χ0n) is 27.4. The van der Waals surface area contributed by atoms with Crippen molar-refractivity contribution < 1.29 is 14.2 Å². The van der Waals surface area contributed by atoms with Crippen LogP contribution in [-0.2, 0) is 21.8 Å². The van der Waals surface area contributed by atoms with E-state index in [9.17, 15) is 4.79 Å². The van der Waals surface area contributed by atoms with Gasteiger partial charge in [-0.05, 0) is 61.9 Å². The SMILES string of the molecule is CC[C@H](C)n1ncn(-c2ccc(N3CCN(c4ccc(OC[C@@H]5CO[C@@](Cn6ccnc6)(c6ccc(Cl)cc6Cl)O5)cc4)CC3)nc2)c1=O. The molecule has 5 aromatic rings. The highest BCUT2D eigenvalue weighted by Crippen LogP contribution is 2.40. The number of rotatable bonds is 11. The number of aromatic nitrogens is 6. The average molecular weight is 706 g/mol. The van der Waals surface area contributed by atoms with Crippen molar-refractivity contribution in [2.75, 3.05) is 49.2 Å². The van der Waals surface area contributed by atoms with Crippen LogP contribution in [0.4, 0.5) is 11.5 Å². The van der Waals surface area contributed by atoms with Gasteiger partial charge >= 0.3 is 5.69 Å². The highest BCUT2D eigenvalue weighted by atomic mass is 35.5. The van der Waals surface area contributed by atoms with Crippen LogP contribution in [-0.4, -0.2) is 74.4 Å². The van der Waals surface area contributed by atoms with Gasteiger partial charge in [0.1, 0.15) is 30.6 Å². The van der Waals surface area contributed by atoms with Gasteiger partial charge in [0.2, 0.25) is 5.79 Å². The van der Waals surface area contributed by atoms with Gasteiger partial charge in [-0.1, -0.05) is 36.2 Å². The fraction of sp³-hybridized carbons (Fsp3) is 0.371. The molecule has 0 saturated carbocycles. The molecule has 0 N–H and O–H groups in total. The minimum Gasteiger partial charge on any atom is -0.491 e. The van der Waals surface area contributed by atoms with Gasteiger partial charge in [-0.15, -0.1) is 0 Å². The van der Waals surface area contributed by atoms with E-state index in [1.54, 1.807) is 37.2 Å². The molecule has 2 fully saturated rings. The Bertz CT molecular complexity index is 1910. The molecule has 3 aromatic heterocycles. The second-order valence-corrected chi connectivity index (χ2v) is 13.1. The molecule has 0 aliphatic carbocycles. The van der Waals surface area contributed by atoms with Crippen molar-refractivity contribution >= 4 is 34.7 Å². The maximum absolute atomic E-state index is 12.8. The molecule has 0 spiro atoms. The van der Waals surface area contributed by atoms with Crippen LogP contribution in [0.2, 0.25) is 10.0 Å². The Morgan fingerprint density at radius 1 is 1.00 bits per heavy atom. The molecule has 2 aliphatic heterocycles. The van der Waals surface area contributed by atoms with E-state index in [1.165, 1.54) is 9.25 Å². The molecule has 0 amide bonds. The van der Waals surface area contributed by atoms with Crippen molar-refractivity contribution in [3.05, 3.63) is 112 Å². The molecule has 0 radical (unpaired) electrons. The number of halogens is 2. The minimum atomic E-state index is -1.10. The van der Waals surface area contributed by atoms with E-state index < -0.39 is 5.79 Å². The quantitative estimate of drug-likeness (QED) is 0.174. The van der Waals surface area contributed by atoms with Crippen LogP contribution in [0, 0.1) is 0 Å². The number of hydrogen-bond acceptors (Lipinski definition) is 9. The van der Waals surface area contributed by atoms with Crippen molar-refractivity contribution in [3.63, 3.8) is 0 Å². The van der Waals surface area contributed by atoms with Crippen LogP contribution < -0.4 is 20.2 Å². The maximum atomic E-state index is 12.8. The maximum Gasteiger partial charge on any atom is 0.350 e. The van der Waals surface area contributed by atoms with Gasteiger partial charge in [-0.3, -0.25) is 0 Å². The minimum absolute atomic E-state index is 0.0458. The number of imidazole rings is 1. The first-order valence-corrected chi connectivity index (χ1v) is 17.2. The van der Waals surface area contributed by atoms with Gasteiger partial charge in [0.05, 0.1) is 42.4 Å². The molecule has 256 valence electrons. The smallest absolute Gasteiger partial charge is 0.350 e. The van der Waals surface area contributed by atoms with Gasteiger partial charge in [0.15, 0.2) is 0 Å². The average Bonchev–Trinajstić information content (AvgIpc) is 3.88. The zero-order chi connectivity index (χ0) is 34.0. The number of hydrogen-bond donors (Lipinski definition) is 0. The van der Waals surface area contributed by atoms with Crippen LogP contribution in [0.1, 0.15) is 31.9 Å². The molecular weight excluding hydrogens is 667 g/mol. The van der Waals surface area contributed by atoms with Crippen molar-refractivity contribution in [1.29, 1.82) is 0 Å². The van der Waals surface area contributed by atoms with Crippen molar-refractivity contribution in [2.45, 2.75) is 44.7 Å². The largest absolute Gasteiger partial charge is 0.491 e. The Kier molecular flexibility index (Phi) is 9.64. The Balaban J connectivity index is 0.925. The number of pyridine rings is 1. The van der Waals surface area contributed by atoms with Crippen molar-refractivity contribution in [2.24, 2.45) is 0 Å². The van der Waals surface area contributed by atoms with E-state index in [0.717, 1.165) is 49.9 Å². The fourth-order valence-corrected chi connectivity index (χ4v) is 6.74. The first-order valence-electron chi connectivity index (χ1n) is 16.4. The molecule has 0 bridgehead atoms. The monoisotopic (exact) mass is 704 g/mol. The summed E-state index contributed by atoms with van der Waals surface area (Å²) in [5.74, 6) is 0.539. The van der Waals surface area contributed by atoms with Gasteiger partial charge < -0.3 is 28.6 Å². The lowest BCUT2D eigenvalue weighted by molar-refractivity contribution is -0.189. The normalized spacial score (nSPS) is 20.1. The molecular formula is C35H38Cl2N8O4. The van der Waals surface area contributed by atoms with Crippen LogP contribution in [0.15, 0.2) is 90.6 Å². The summed E-state index contributed by atoms with van der Waals surface area (Å²) in [6.45, 7) is 8.41. The molecule has 2 aliphatic rings. The third-order valence-corrected chi connectivity index (χ3v) is 9.65. The molecule has 0 unspecified atom stereocenters. The summed E-state index contributed by atoms with van der Waals surface area (Å²) in [5.41, 5.74) is 2.38. The predicted molar refractivity (Wildman–Crippen MR) is 188 cm³/mol. The summed E-state index contributed by atoms with van der Waals surface area (Å²) < 4.78 is 23.9. The lowest BCUT2D eigenvalue weighted by Crippen LogP contribution is -2.46. The summed E-state index contributed by atoms with van der Waals surface area (Å²) in [5, 5.41) is 5.28.